The van der Waals surface area contributed by atoms with Crippen LogP contribution < -0.4 is 4.90 Å². The Kier molecular flexibility index (Phi) is 5.44. The molecule has 2 aromatic heterocycles. The minimum absolute atomic E-state index is 0.0412. The molecule has 1 aliphatic heterocycles. The maximum atomic E-state index is 12.9. The van der Waals surface area contributed by atoms with E-state index in [4.69, 9.17) is 0 Å². The first kappa shape index (κ1) is 20.7. The molecular weight excluding hydrogens is 384 g/mol. The smallest absolute Gasteiger partial charge is 0.303 e. The number of hydrogen-bond donors (Lipinski definition) is 2. The van der Waals surface area contributed by atoms with E-state index in [2.05, 4.69) is 9.88 Å². The van der Waals surface area contributed by atoms with Crippen molar-refractivity contribution in [3.63, 3.8) is 0 Å². The number of pyridine rings is 1. The van der Waals surface area contributed by atoms with Gasteiger partial charge in [-0.2, -0.15) is 0 Å². The third kappa shape index (κ3) is 4.14. The zero-order valence-electron chi connectivity index (χ0n) is 17.5. The number of carbonyl (C=O) groups is 2. The number of nitrogens with zero attached hydrogens (tertiary/aromatic N) is 4. The number of β-amino-alcohol motifs (C(OH)–C–C–N with tert-alkyl or cyclic N) is 1. The molecule has 0 bridgehead atoms. The Morgan fingerprint density at radius 3 is 2.70 bits per heavy atom. The molecule has 8 heteroatoms. The second-order valence-corrected chi connectivity index (χ2v) is 9.14. The third-order valence-electron chi connectivity index (χ3n) is 6.74. The van der Waals surface area contributed by atoms with E-state index in [1.54, 1.807) is 18.1 Å². The van der Waals surface area contributed by atoms with E-state index < -0.39 is 17.0 Å². The maximum Gasteiger partial charge on any atom is 0.303 e. The van der Waals surface area contributed by atoms with Crippen LogP contribution in [0, 0.1) is 5.41 Å². The second kappa shape index (κ2) is 7.91. The highest BCUT2D eigenvalue weighted by Gasteiger charge is 2.41. The van der Waals surface area contributed by atoms with Gasteiger partial charge in [-0.1, -0.05) is 18.9 Å². The van der Waals surface area contributed by atoms with Crippen molar-refractivity contribution in [1.29, 1.82) is 0 Å². The Labute approximate surface area is 176 Å². The van der Waals surface area contributed by atoms with E-state index in [0.29, 0.717) is 19.5 Å². The molecule has 2 aromatic rings. The molecule has 2 fully saturated rings. The molecule has 2 aliphatic rings. The van der Waals surface area contributed by atoms with Crippen molar-refractivity contribution < 1.29 is 19.8 Å². The Morgan fingerprint density at radius 2 is 1.97 bits per heavy atom. The lowest BCUT2D eigenvalue weighted by Gasteiger charge is -2.33. The molecule has 1 saturated carbocycles. The predicted octanol–water partition coefficient (Wildman–Crippen LogP) is 2.16. The number of anilines is 1. The minimum Gasteiger partial charge on any atom is -0.481 e. The number of aromatic nitrogens is 2. The third-order valence-corrected chi connectivity index (χ3v) is 6.74. The van der Waals surface area contributed by atoms with Crippen LogP contribution in [0.25, 0.3) is 5.65 Å². The van der Waals surface area contributed by atoms with E-state index >= 15 is 0 Å². The summed E-state index contributed by atoms with van der Waals surface area (Å²) in [5, 5.41) is 20.5. The number of hydrogen-bond acceptors (Lipinski definition) is 5. The largest absolute Gasteiger partial charge is 0.481 e. The molecule has 1 amide bonds. The fraction of sp³-hybridized carbons (Fsp3) is 0.591. The lowest BCUT2D eigenvalue weighted by atomic mass is 9.79. The molecule has 2 N–H and O–H groups in total. The van der Waals surface area contributed by atoms with Crippen molar-refractivity contribution in [1.82, 2.24) is 14.3 Å². The average molecular weight is 415 g/mol. The molecule has 0 spiro atoms. The number of amides is 1. The Hall–Kier alpha value is -2.61. The van der Waals surface area contributed by atoms with Crippen LogP contribution in [0.2, 0.25) is 0 Å². The summed E-state index contributed by atoms with van der Waals surface area (Å²) in [6.45, 7) is 1.37. The van der Waals surface area contributed by atoms with Gasteiger partial charge >= 0.3 is 5.97 Å². The molecule has 3 heterocycles. The van der Waals surface area contributed by atoms with Gasteiger partial charge in [-0.15, -0.1) is 0 Å². The topological polar surface area (TPSA) is 98.4 Å². The number of carboxylic acid groups (broad SMARTS) is 1. The van der Waals surface area contributed by atoms with Crippen molar-refractivity contribution in [2.75, 3.05) is 31.6 Å². The highest BCUT2D eigenvalue weighted by Crippen LogP contribution is 2.44. The van der Waals surface area contributed by atoms with E-state index in [1.165, 1.54) is 0 Å². The van der Waals surface area contributed by atoms with Crippen LogP contribution in [-0.4, -0.2) is 68.7 Å². The van der Waals surface area contributed by atoms with Gasteiger partial charge in [0.05, 0.1) is 13.0 Å². The SMILES string of the molecule is CN(C[C@]1(O)CCN(c2cccc3nccn23)C1)C(=O)CC1(CC(=O)O)CCCC1. The summed E-state index contributed by atoms with van der Waals surface area (Å²) in [7, 11) is 1.71. The highest BCUT2D eigenvalue weighted by atomic mass is 16.4. The Morgan fingerprint density at radius 1 is 1.20 bits per heavy atom. The van der Waals surface area contributed by atoms with Gasteiger partial charge in [0.25, 0.3) is 0 Å². The summed E-state index contributed by atoms with van der Waals surface area (Å²) in [6.07, 6.45) is 8.02. The van der Waals surface area contributed by atoms with Gasteiger partial charge in [0, 0.05) is 39.0 Å². The van der Waals surface area contributed by atoms with Crippen LogP contribution in [-0.2, 0) is 9.59 Å². The summed E-state index contributed by atoms with van der Waals surface area (Å²) in [5.41, 5.74) is -0.572. The van der Waals surface area contributed by atoms with Gasteiger partial charge in [-0.05, 0) is 36.8 Å². The van der Waals surface area contributed by atoms with Gasteiger partial charge in [0.15, 0.2) is 0 Å². The lowest BCUT2D eigenvalue weighted by Crippen LogP contribution is -2.46. The number of likely N-dealkylation sites (N-methyl/N-ethyl adjacent to an activating group) is 1. The first-order valence-corrected chi connectivity index (χ1v) is 10.6. The van der Waals surface area contributed by atoms with Crippen LogP contribution in [0.3, 0.4) is 0 Å². The fourth-order valence-electron chi connectivity index (χ4n) is 5.22. The molecule has 30 heavy (non-hydrogen) atoms. The van der Waals surface area contributed by atoms with E-state index in [1.807, 2.05) is 28.8 Å². The second-order valence-electron chi connectivity index (χ2n) is 9.14. The summed E-state index contributed by atoms with van der Waals surface area (Å²) in [5.74, 6) is 0.0501. The van der Waals surface area contributed by atoms with Crippen LogP contribution >= 0.6 is 0 Å². The molecule has 1 atom stereocenters. The summed E-state index contributed by atoms with van der Waals surface area (Å²) >= 11 is 0. The Bertz CT molecular complexity index is 936. The Balaban J connectivity index is 1.40. The maximum absolute atomic E-state index is 12.9. The molecule has 4 rings (SSSR count). The number of carbonyl (C=O) groups excluding carboxylic acids is 1. The van der Waals surface area contributed by atoms with Crippen LogP contribution in [0.1, 0.15) is 44.9 Å². The number of fused-ring (bicyclic) bond motifs is 1. The molecular formula is C22H30N4O4. The molecule has 0 radical (unpaired) electrons. The highest BCUT2D eigenvalue weighted by molar-refractivity contribution is 5.78. The number of carboxylic acids is 1. The quantitative estimate of drug-likeness (QED) is 0.720. The molecule has 8 nitrogen and oxygen atoms in total. The zero-order valence-corrected chi connectivity index (χ0v) is 17.5. The van der Waals surface area contributed by atoms with Gasteiger partial charge in [-0.3, -0.25) is 14.0 Å². The summed E-state index contributed by atoms with van der Waals surface area (Å²) in [4.78, 5) is 32.2. The normalized spacial score (nSPS) is 23.2. The predicted molar refractivity (Wildman–Crippen MR) is 112 cm³/mol. The molecule has 1 saturated heterocycles. The number of aliphatic carboxylic acids is 1. The minimum atomic E-state index is -0.997. The fourth-order valence-corrected chi connectivity index (χ4v) is 5.22. The van der Waals surface area contributed by atoms with Gasteiger partial charge in [0.1, 0.15) is 17.1 Å². The van der Waals surface area contributed by atoms with Crippen LogP contribution in [0.15, 0.2) is 30.6 Å². The zero-order chi connectivity index (χ0) is 21.4. The van der Waals surface area contributed by atoms with Crippen molar-refractivity contribution >= 4 is 23.3 Å². The number of aliphatic hydroxyl groups is 1. The lowest BCUT2D eigenvalue weighted by molar-refractivity contribution is -0.142. The average Bonchev–Trinajstić information content (AvgIpc) is 3.41. The molecule has 162 valence electrons. The van der Waals surface area contributed by atoms with E-state index in [0.717, 1.165) is 37.1 Å². The van der Waals surface area contributed by atoms with E-state index in [-0.39, 0.29) is 25.3 Å². The molecule has 0 aromatic carbocycles. The van der Waals surface area contributed by atoms with Crippen molar-refractivity contribution in [3.8, 4) is 0 Å². The molecule has 1 aliphatic carbocycles. The first-order valence-electron chi connectivity index (χ1n) is 10.6. The van der Waals surface area contributed by atoms with Gasteiger partial charge in [-0.25, -0.2) is 4.98 Å². The monoisotopic (exact) mass is 414 g/mol. The van der Waals surface area contributed by atoms with Crippen LogP contribution in [0.4, 0.5) is 5.82 Å². The number of rotatable bonds is 7. The van der Waals surface area contributed by atoms with E-state index in [9.17, 15) is 19.8 Å². The van der Waals surface area contributed by atoms with Gasteiger partial charge < -0.3 is 20.0 Å². The summed E-state index contributed by atoms with van der Waals surface area (Å²) < 4.78 is 2.00. The summed E-state index contributed by atoms with van der Waals surface area (Å²) in [6, 6.07) is 5.90. The number of imidazole rings is 1. The first-order chi connectivity index (χ1) is 14.3. The van der Waals surface area contributed by atoms with Crippen molar-refractivity contribution in [2.45, 2.75) is 50.5 Å². The van der Waals surface area contributed by atoms with Crippen molar-refractivity contribution in [3.05, 3.63) is 30.6 Å². The molecule has 0 unspecified atom stereocenters. The standard InChI is InChI=1S/C22H30N4O4/c1-24(19(27)13-21(14-20(28)29)7-2-3-8-21)15-22(30)9-11-25(16-22)18-6-4-5-17-23-10-12-26(17)18/h4-6,10,12,30H,2-3,7-9,11,13-16H2,1H3,(H,28,29)/t22-/m1/s1. The van der Waals surface area contributed by atoms with Crippen molar-refractivity contribution in [2.24, 2.45) is 5.41 Å². The van der Waals surface area contributed by atoms with Crippen LogP contribution in [0.5, 0.6) is 0 Å². The van der Waals surface area contributed by atoms with Gasteiger partial charge in [0.2, 0.25) is 5.91 Å².